The zero-order chi connectivity index (χ0) is 27.6. The van der Waals surface area contributed by atoms with Gasteiger partial charge in [-0.25, -0.2) is 0 Å². The summed E-state index contributed by atoms with van der Waals surface area (Å²) in [7, 11) is 0. The second kappa shape index (κ2) is 12.0. The highest BCUT2D eigenvalue weighted by atomic mass is 16.7. The summed E-state index contributed by atoms with van der Waals surface area (Å²) in [5.74, 6) is 1.20. The molecule has 2 heterocycles. The minimum Gasteiger partial charge on any atom is -0.291 e. The summed E-state index contributed by atoms with van der Waals surface area (Å²) in [6.07, 6.45) is 27.6. The number of nitrogens with zero attached hydrogens (tertiary/aromatic N) is 2. The Morgan fingerprint density at radius 3 is 1.11 bits per heavy atom. The molecule has 2 fully saturated rings. The average Bonchev–Trinajstić information content (AvgIpc) is 2.76. The molecule has 4 rings (SSSR count). The van der Waals surface area contributed by atoms with E-state index in [0.29, 0.717) is 11.8 Å². The largest absolute Gasteiger partial charge is 0.291 e. The van der Waals surface area contributed by atoms with Crippen LogP contribution in [0.2, 0.25) is 0 Å². The molecule has 4 nitrogen and oxygen atoms in total. The first-order valence-electron chi connectivity index (χ1n) is 16.1. The highest BCUT2D eigenvalue weighted by molar-refractivity contribution is 5.06. The van der Waals surface area contributed by atoms with Crippen LogP contribution in [-0.4, -0.2) is 44.5 Å². The van der Waals surface area contributed by atoms with Crippen molar-refractivity contribution in [2.24, 2.45) is 11.8 Å². The fourth-order valence-electron chi connectivity index (χ4n) is 8.05. The topological polar surface area (TPSA) is 24.9 Å². The van der Waals surface area contributed by atoms with Crippen molar-refractivity contribution in [2.45, 2.75) is 180 Å². The Morgan fingerprint density at radius 1 is 0.447 bits per heavy atom. The van der Waals surface area contributed by atoms with Gasteiger partial charge in [0.05, 0.1) is 12.2 Å². The van der Waals surface area contributed by atoms with Gasteiger partial charge in [-0.3, -0.25) is 9.68 Å². The van der Waals surface area contributed by atoms with Gasteiger partial charge in [-0.2, -0.15) is 10.1 Å². The summed E-state index contributed by atoms with van der Waals surface area (Å²) in [6.45, 7) is 18.8. The Labute approximate surface area is 235 Å². The minimum absolute atomic E-state index is 0.0894. The predicted octanol–water partition coefficient (Wildman–Crippen LogP) is 9.17. The molecule has 0 aromatic carbocycles. The molecule has 0 amide bonds. The summed E-state index contributed by atoms with van der Waals surface area (Å²) < 4.78 is 0. The van der Waals surface area contributed by atoms with Gasteiger partial charge in [-0.15, -0.1) is 0 Å². The van der Waals surface area contributed by atoms with Gasteiger partial charge in [-0.05, 0) is 131 Å². The molecule has 0 bridgehead atoms. The third-order valence-corrected chi connectivity index (χ3v) is 10.1. The number of hydrogen-bond donors (Lipinski definition) is 0. The van der Waals surface area contributed by atoms with Gasteiger partial charge in [0, 0.05) is 22.2 Å². The number of hydroxylamine groups is 4. The van der Waals surface area contributed by atoms with Crippen LogP contribution in [0.4, 0.5) is 0 Å². The van der Waals surface area contributed by atoms with Crippen LogP contribution in [0.3, 0.4) is 0 Å². The Balaban J connectivity index is 1.43. The highest BCUT2D eigenvalue weighted by Gasteiger charge is 2.44. The van der Waals surface area contributed by atoms with Crippen molar-refractivity contribution < 1.29 is 9.68 Å². The van der Waals surface area contributed by atoms with E-state index in [1.54, 1.807) is 0 Å². The van der Waals surface area contributed by atoms with Gasteiger partial charge in [0.2, 0.25) is 0 Å². The molecule has 0 N–H and O–H groups in total. The molecule has 4 heteroatoms. The van der Waals surface area contributed by atoms with E-state index < -0.39 is 0 Å². The first-order chi connectivity index (χ1) is 17.8. The molecule has 4 atom stereocenters. The van der Waals surface area contributed by atoms with Gasteiger partial charge >= 0.3 is 0 Å². The molecule has 4 aliphatic rings. The van der Waals surface area contributed by atoms with E-state index in [4.69, 9.17) is 9.68 Å². The zero-order valence-electron chi connectivity index (χ0n) is 26.2. The van der Waals surface area contributed by atoms with Crippen LogP contribution in [0.5, 0.6) is 0 Å². The van der Waals surface area contributed by atoms with Crippen LogP contribution in [0.15, 0.2) is 24.3 Å². The Hall–Kier alpha value is -0.680. The van der Waals surface area contributed by atoms with E-state index in [1.165, 1.54) is 77.0 Å². The monoisotopic (exact) mass is 528 g/mol. The van der Waals surface area contributed by atoms with Crippen LogP contribution in [-0.2, 0) is 9.68 Å². The van der Waals surface area contributed by atoms with Crippen molar-refractivity contribution in [3.05, 3.63) is 24.3 Å². The Morgan fingerprint density at radius 2 is 0.763 bits per heavy atom. The maximum atomic E-state index is 6.82. The van der Waals surface area contributed by atoms with Crippen molar-refractivity contribution >= 4 is 0 Å². The lowest BCUT2D eigenvalue weighted by Crippen LogP contribution is -2.59. The van der Waals surface area contributed by atoms with Crippen molar-refractivity contribution in [3.8, 4) is 0 Å². The molecule has 0 unspecified atom stereocenters. The number of piperidine rings is 2. The van der Waals surface area contributed by atoms with Crippen LogP contribution in [0, 0.1) is 11.8 Å². The summed E-state index contributed by atoms with van der Waals surface area (Å²) in [5.41, 5.74) is 0.358. The molecule has 0 aromatic heterocycles. The molecule has 2 aliphatic heterocycles. The van der Waals surface area contributed by atoms with E-state index in [1.807, 2.05) is 0 Å². The van der Waals surface area contributed by atoms with Crippen molar-refractivity contribution in [1.29, 1.82) is 0 Å². The normalized spacial score (nSPS) is 37.8. The third kappa shape index (κ3) is 7.33. The fraction of sp³-hybridized carbons (Fsp3) is 0.882. The number of rotatable bonds is 5. The Kier molecular flexibility index (Phi) is 9.60. The van der Waals surface area contributed by atoms with E-state index in [2.05, 4.69) is 89.8 Å². The summed E-state index contributed by atoms with van der Waals surface area (Å²) in [6, 6.07) is 0. The molecule has 0 saturated carbocycles. The number of allylic oxidation sites excluding steroid dienone is 2. The molecule has 0 aromatic rings. The molecule has 0 radical (unpaired) electrons. The van der Waals surface area contributed by atoms with Crippen molar-refractivity contribution in [3.63, 3.8) is 0 Å². The van der Waals surface area contributed by atoms with E-state index >= 15 is 0 Å². The van der Waals surface area contributed by atoms with Crippen LogP contribution < -0.4 is 0 Å². The lowest BCUT2D eigenvalue weighted by atomic mass is 9.80. The van der Waals surface area contributed by atoms with Gasteiger partial charge in [0.25, 0.3) is 0 Å². The average molecular weight is 529 g/mol. The van der Waals surface area contributed by atoms with Crippen LogP contribution >= 0.6 is 0 Å². The summed E-state index contributed by atoms with van der Waals surface area (Å²) in [5, 5.41) is 4.71. The van der Waals surface area contributed by atoms with Gasteiger partial charge in [0.1, 0.15) is 0 Å². The van der Waals surface area contributed by atoms with Crippen LogP contribution in [0.25, 0.3) is 0 Å². The zero-order valence-corrected chi connectivity index (χ0v) is 26.2. The molecule has 38 heavy (non-hydrogen) atoms. The van der Waals surface area contributed by atoms with Crippen molar-refractivity contribution in [1.82, 2.24) is 10.1 Å². The van der Waals surface area contributed by atoms with Gasteiger partial charge < -0.3 is 0 Å². The lowest BCUT2D eigenvalue weighted by molar-refractivity contribution is -0.297. The highest BCUT2D eigenvalue weighted by Crippen LogP contribution is 2.41. The Bertz CT molecular complexity index is 726. The second-order valence-electron chi connectivity index (χ2n) is 15.5. The first kappa shape index (κ1) is 30.3. The summed E-state index contributed by atoms with van der Waals surface area (Å²) >= 11 is 0. The molecule has 2 aliphatic carbocycles. The summed E-state index contributed by atoms with van der Waals surface area (Å²) in [4.78, 5) is 13.6. The minimum atomic E-state index is 0.0894. The third-order valence-electron chi connectivity index (χ3n) is 10.1. The van der Waals surface area contributed by atoms with E-state index in [-0.39, 0.29) is 34.4 Å². The molecule has 0 spiro atoms. The van der Waals surface area contributed by atoms with Gasteiger partial charge in [-0.1, -0.05) is 50.0 Å². The predicted molar refractivity (Wildman–Crippen MR) is 160 cm³/mol. The van der Waals surface area contributed by atoms with Crippen LogP contribution in [0.1, 0.15) is 145 Å². The van der Waals surface area contributed by atoms with Crippen molar-refractivity contribution in [2.75, 3.05) is 0 Å². The SMILES string of the molecule is CC1(C)CCCC(C)(C)N1O[C@@H]1/C=C\[C@H]([C@H]2/C=C\[C@H](ON3C(C)(C)CCCC3(C)C)CCCC2)CCCC1. The van der Waals surface area contributed by atoms with E-state index in [9.17, 15) is 0 Å². The smallest absolute Gasteiger partial charge is 0.0974 e. The standard InChI is InChI=1S/C34H60N2O2/c1-31(2)23-13-24-32(3,4)35(31)37-29-17-11-9-15-27(19-21-29)28-16-10-12-18-30(22-20-28)38-36-33(5,6)25-14-26-34(36,7)8/h19-22,27-30H,9-18,23-26H2,1-8H3/b21-19-,22-20-/t27-,28-,29-,30+/m1/s1. The van der Waals surface area contributed by atoms with Gasteiger partial charge in [0.15, 0.2) is 0 Å². The lowest BCUT2D eigenvalue weighted by Gasteiger charge is -2.52. The number of hydrogen-bond acceptors (Lipinski definition) is 4. The maximum absolute atomic E-state index is 6.82. The van der Waals surface area contributed by atoms with E-state index in [0.717, 1.165) is 12.8 Å². The molecule has 218 valence electrons. The molecular formula is C34H60N2O2. The molecule has 2 saturated heterocycles. The maximum Gasteiger partial charge on any atom is 0.0974 e. The molecular weight excluding hydrogens is 468 g/mol. The fourth-order valence-corrected chi connectivity index (χ4v) is 8.05. The first-order valence-corrected chi connectivity index (χ1v) is 16.1. The second-order valence-corrected chi connectivity index (χ2v) is 15.5. The quantitative estimate of drug-likeness (QED) is 0.332.